The normalized spacial score (nSPS) is 12.8. The Bertz CT molecular complexity index is 688. The van der Waals surface area contributed by atoms with Crippen molar-refractivity contribution >= 4 is 16.7 Å². The smallest absolute Gasteiger partial charge is 0.330 e. The average Bonchev–Trinajstić information content (AvgIpc) is 2.51. The van der Waals surface area contributed by atoms with Gasteiger partial charge >= 0.3 is 5.97 Å². The SMILES string of the molecule is C=CC(=O)OC(C)(C)CC(C)OCc1ccc2ccccc2c1. The van der Waals surface area contributed by atoms with Crippen molar-refractivity contribution in [2.24, 2.45) is 0 Å². The van der Waals surface area contributed by atoms with E-state index in [1.165, 1.54) is 16.8 Å². The second-order valence-electron chi connectivity index (χ2n) is 6.39. The van der Waals surface area contributed by atoms with E-state index >= 15 is 0 Å². The van der Waals surface area contributed by atoms with Gasteiger partial charge in [-0.25, -0.2) is 4.79 Å². The zero-order valence-corrected chi connectivity index (χ0v) is 14.0. The molecule has 2 rings (SSSR count). The quantitative estimate of drug-likeness (QED) is 0.552. The summed E-state index contributed by atoms with van der Waals surface area (Å²) in [5.74, 6) is -0.406. The van der Waals surface area contributed by atoms with Gasteiger partial charge in [-0.2, -0.15) is 0 Å². The molecule has 0 radical (unpaired) electrons. The number of hydrogen-bond acceptors (Lipinski definition) is 3. The summed E-state index contributed by atoms with van der Waals surface area (Å²) in [6.45, 7) is 9.71. The number of hydrogen-bond donors (Lipinski definition) is 0. The molecule has 3 nitrogen and oxygen atoms in total. The number of rotatable bonds is 7. The molecule has 0 spiro atoms. The first-order valence-electron chi connectivity index (χ1n) is 7.84. The standard InChI is InChI=1S/C20H24O3/c1-5-19(21)23-20(3,4)13-15(2)22-14-16-10-11-17-8-6-7-9-18(17)12-16/h5-12,15H,1,13-14H2,2-4H3. The molecular weight excluding hydrogens is 288 g/mol. The lowest BCUT2D eigenvalue weighted by molar-refractivity contribution is -0.153. The maximum Gasteiger partial charge on any atom is 0.330 e. The molecule has 0 bridgehead atoms. The minimum absolute atomic E-state index is 0.0194. The minimum atomic E-state index is -0.575. The highest BCUT2D eigenvalue weighted by Crippen LogP contribution is 2.21. The summed E-state index contributed by atoms with van der Waals surface area (Å²) < 4.78 is 11.2. The Morgan fingerprint density at radius 3 is 2.61 bits per heavy atom. The molecule has 0 N–H and O–H groups in total. The van der Waals surface area contributed by atoms with Crippen molar-refractivity contribution in [1.29, 1.82) is 0 Å². The van der Waals surface area contributed by atoms with Crippen molar-refractivity contribution in [2.75, 3.05) is 0 Å². The number of carbonyl (C=O) groups is 1. The fraction of sp³-hybridized carbons (Fsp3) is 0.350. The molecule has 0 saturated carbocycles. The fourth-order valence-corrected chi connectivity index (χ4v) is 2.67. The summed E-state index contributed by atoms with van der Waals surface area (Å²) in [4.78, 5) is 11.3. The monoisotopic (exact) mass is 312 g/mol. The molecule has 3 heteroatoms. The van der Waals surface area contributed by atoms with Gasteiger partial charge in [-0.05, 0) is 43.2 Å². The number of esters is 1. The van der Waals surface area contributed by atoms with E-state index in [9.17, 15) is 4.79 Å². The van der Waals surface area contributed by atoms with Crippen LogP contribution in [0.5, 0.6) is 0 Å². The highest BCUT2D eigenvalue weighted by atomic mass is 16.6. The molecule has 1 unspecified atom stereocenters. The van der Waals surface area contributed by atoms with Gasteiger partial charge in [0.1, 0.15) is 5.60 Å². The number of benzene rings is 2. The molecule has 0 aliphatic carbocycles. The first kappa shape index (κ1) is 17.2. The van der Waals surface area contributed by atoms with Gasteiger partial charge in [0.15, 0.2) is 0 Å². The number of carbonyl (C=O) groups excluding carboxylic acids is 1. The van der Waals surface area contributed by atoms with Gasteiger partial charge in [-0.1, -0.05) is 43.0 Å². The molecule has 0 aromatic heterocycles. The Kier molecular flexibility index (Phi) is 5.56. The fourth-order valence-electron chi connectivity index (χ4n) is 2.67. The van der Waals surface area contributed by atoms with Crippen molar-refractivity contribution in [2.45, 2.75) is 45.5 Å². The Balaban J connectivity index is 1.91. The van der Waals surface area contributed by atoms with E-state index in [0.29, 0.717) is 13.0 Å². The van der Waals surface area contributed by atoms with E-state index in [-0.39, 0.29) is 6.10 Å². The molecule has 122 valence electrons. The molecule has 0 aliphatic heterocycles. The van der Waals surface area contributed by atoms with Crippen LogP contribution in [-0.4, -0.2) is 17.7 Å². The molecular formula is C20H24O3. The van der Waals surface area contributed by atoms with Gasteiger partial charge in [0.25, 0.3) is 0 Å². The van der Waals surface area contributed by atoms with Gasteiger partial charge in [0, 0.05) is 12.5 Å². The maximum absolute atomic E-state index is 11.3. The average molecular weight is 312 g/mol. The number of fused-ring (bicyclic) bond motifs is 1. The van der Waals surface area contributed by atoms with E-state index in [0.717, 1.165) is 5.56 Å². The van der Waals surface area contributed by atoms with Gasteiger partial charge < -0.3 is 9.47 Å². The van der Waals surface area contributed by atoms with E-state index < -0.39 is 11.6 Å². The highest BCUT2D eigenvalue weighted by molar-refractivity contribution is 5.83. The van der Waals surface area contributed by atoms with Crippen LogP contribution < -0.4 is 0 Å². The maximum atomic E-state index is 11.3. The molecule has 0 aliphatic rings. The van der Waals surface area contributed by atoms with Crippen LogP contribution in [0.1, 0.15) is 32.8 Å². The predicted octanol–water partition coefficient (Wildman–Crippen LogP) is 4.64. The van der Waals surface area contributed by atoms with Crippen LogP contribution in [0.25, 0.3) is 10.8 Å². The lowest BCUT2D eigenvalue weighted by Crippen LogP contribution is -2.32. The Hall–Kier alpha value is -2.13. The van der Waals surface area contributed by atoms with Crippen LogP contribution in [0.4, 0.5) is 0 Å². The van der Waals surface area contributed by atoms with Gasteiger partial charge in [0.2, 0.25) is 0 Å². The lowest BCUT2D eigenvalue weighted by Gasteiger charge is -2.27. The summed E-state index contributed by atoms with van der Waals surface area (Å²) in [6.07, 6.45) is 1.79. The van der Waals surface area contributed by atoms with E-state index in [2.05, 4.69) is 36.9 Å². The third-order valence-corrected chi connectivity index (χ3v) is 3.67. The second-order valence-corrected chi connectivity index (χ2v) is 6.39. The highest BCUT2D eigenvalue weighted by Gasteiger charge is 2.25. The van der Waals surface area contributed by atoms with Crippen molar-refractivity contribution in [3.63, 3.8) is 0 Å². The Morgan fingerprint density at radius 2 is 1.91 bits per heavy atom. The molecule has 0 amide bonds. The van der Waals surface area contributed by atoms with Crippen LogP contribution in [0.15, 0.2) is 55.1 Å². The van der Waals surface area contributed by atoms with Crippen molar-refractivity contribution < 1.29 is 14.3 Å². The summed E-state index contributed by atoms with van der Waals surface area (Å²) in [7, 11) is 0. The zero-order valence-electron chi connectivity index (χ0n) is 14.0. The van der Waals surface area contributed by atoms with Crippen LogP contribution in [0, 0.1) is 0 Å². The summed E-state index contributed by atoms with van der Waals surface area (Å²) in [6, 6.07) is 14.6. The molecule has 2 aromatic rings. The number of ether oxygens (including phenoxy) is 2. The summed E-state index contributed by atoms with van der Waals surface area (Å²) in [5.41, 5.74) is 0.560. The van der Waals surface area contributed by atoms with Crippen LogP contribution >= 0.6 is 0 Å². The lowest BCUT2D eigenvalue weighted by atomic mass is 10.0. The van der Waals surface area contributed by atoms with E-state index in [4.69, 9.17) is 9.47 Å². The van der Waals surface area contributed by atoms with Crippen LogP contribution in [0.2, 0.25) is 0 Å². The molecule has 1 atom stereocenters. The molecule has 0 saturated heterocycles. The topological polar surface area (TPSA) is 35.5 Å². The zero-order chi connectivity index (χ0) is 16.9. The summed E-state index contributed by atoms with van der Waals surface area (Å²) in [5, 5.41) is 2.43. The van der Waals surface area contributed by atoms with E-state index in [1.54, 1.807) is 0 Å². The van der Waals surface area contributed by atoms with Crippen molar-refractivity contribution in [3.05, 3.63) is 60.7 Å². The van der Waals surface area contributed by atoms with Crippen molar-refractivity contribution in [1.82, 2.24) is 0 Å². The molecule has 23 heavy (non-hydrogen) atoms. The van der Waals surface area contributed by atoms with Gasteiger partial charge in [-0.15, -0.1) is 0 Å². The van der Waals surface area contributed by atoms with Crippen LogP contribution in [-0.2, 0) is 20.9 Å². The van der Waals surface area contributed by atoms with E-state index in [1.807, 2.05) is 32.9 Å². The predicted molar refractivity (Wildman–Crippen MR) is 93.2 cm³/mol. The molecule has 2 aromatic carbocycles. The largest absolute Gasteiger partial charge is 0.456 e. The molecule has 0 heterocycles. The first-order valence-corrected chi connectivity index (χ1v) is 7.84. The Morgan fingerprint density at radius 1 is 1.22 bits per heavy atom. The second kappa shape index (κ2) is 7.42. The van der Waals surface area contributed by atoms with Gasteiger partial charge in [-0.3, -0.25) is 0 Å². The third-order valence-electron chi connectivity index (χ3n) is 3.67. The first-order chi connectivity index (χ1) is 10.9. The van der Waals surface area contributed by atoms with Crippen LogP contribution in [0.3, 0.4) is 0 Å². The molecule has 0 fully saturated rings. The summed E-state index contributed by atoms with van der Waals surface area (Å²) >= 11 is 0. The Labute approximate surface area is 137 Å². The van der Waals surface area contributed by atoms with Gasteiger partial charge in [0.05, 0.1) is 12.7 Å². The third kappa shape index (κ3) is 5.22. The minimum Gasteiger partial charge on any atom is -0.456 e. The van der Waals surface area contributed by atoms with Crippen molar-refractivity contribution in [3.8, 4) is 0 Å².